The molecule has 0 saturated heterocycles. The number of carbonyl (C=O) groups excluding carboxylic acids is 2. The minimum Gasteiger partial charge on any atom is -0.834 e. The van der Waals surface area contributed by atoms with Crippen molar-refractivity contribution in [2.75, 3.05) is 11.5 Å². The number of carboxylic acids is 1. The number of aromatic hydroxyl groups is 2. The second-order valence-electron chi connectivity index (χ2n) is 7.22. The fraction of sp³-hybridized carbons (Fsp3) is 0.182. The Kier molecular flexibility index (Phi) is 10.6. The van der Waals surface area contributed by atoms with Gasteiger partial charge >= 0.3 is 35.2 Å². The molecule has 38 heavy (non-hydrogen) atoms. The van der Waals surface area contributed by atoms with Crippen molar-refractivity contribution >= 4 is 112 Å². The van der Waals surface area contributed by atoms with Gasteiger partial charge in [0, 0.05) is 11.5 Å². The fourth-order valence-corrected chi connectivity index (χ4v) is 7.12. The number of rotatable bonds is 3. The number of aliphatic carboxylic acids is 1. The third kappa shape index (κ3) is 7.30. The zero-order chi connectivity index (χ0) is 26.5. The molecule has 3 N–H and O–H groups in total. The summed E-state index contributed by atoms with van der Waals surface area (Å²) in [7, 11) is 0. The van der Waals surface area contributed by atoms with Crippen molar-refractivity contribution in [3.05, 3.63) is 46.4 Å². The van der Waals surface area contributed by atoms with Crippen LogP contribution in [-0.4, -0.2) is 94.3 Å². The second-order valence-corrected chi connectivity index (χ2v) is 11.3. The number of hydrogen-bond acceptors (Lipinski definition) is 14. The standard InChI is InChI=1S/C11H8N2O3S2.C10H7N2O2S2.CO2.Mg/c14-5-1-2-6-8(3-5)18-10(12-6)9-13-7(4-17-9)11(15)16;13-5-1-2-6-7(3-5)16-10(11-6)9-12-8(14)4-15-9;2-1-3;/h1-3,7,14H,4H2,(H,15,16);1-3,8,13H,4H2;;/q;-1;;+2/t7-;;;/m1.../s1. The molecule has 2 aliphatic rings. The summed E-state index contributed by atoms with van der Waals surface area (Å²) in [5.41, 5.74) is 1.62. The molecule has 2 aromatic carbocycles. The van der Waals surface area contributed by atoms with E-state index in [9.17, 15) is 20.1 Å². The normalized spacial score (nSPS) is 17.8. The molecule has 0 bridgehead atoms. The summed E-state index contributed by atoms with van der Waals surface area (Å²) in [4.78, 5) is 44.0. The third-order valence-corrected chi connectivity index (χ3v) is 9.06. The number of carbonyl (C=O) groups is 1. The van der Waals surface area contributed by atoms with Gasteiger partial charge in [0.05, 0.1) is 20.4 Å². The van der Waals surface area contributed by atoms with Crippen LogP contribution in [-0.2, 0) is 14.4 Å². The van der Waals surface area contributed by atoms with Gasteiger partial charge in [-0.2, -0.15) is 9.59 Å². The van der Waals surface area contributed by atoms with E-state index in [4.69, 9.17) is 14.7 Å². The molecule has 190 valence electrons. The van der Waals surface area contributed by atoms with E-state index in [-0.39, 0.29) is 40.7 Å². The molecule has 0 aliphatic carbocycles. The first kappa shape index (κ1) is 30.0. The number of phenols is 2. The van der Waals surface area contributed by atoms with Crippen LogP contribution in [0.5, 0.6) is 11.5 Å². The predicted octanol–water partition coefficient (Wildman–Crippen LogP) is 2.17. The number of aromatic nitrogens is 2. The molecule has 4 aromatic rings. The number of aliphatic imine (C=N–C) groups is 2. The summed E-state index contributed by atoms with van der Waals surface area (Å²) < 4.78 is 1.78. The molecule has 2 atom stereocenters. The Hall–Kier alpha value is -2.56. The molecule has 0 spiro atoms. The van der Waals surface area contributed by atoms with E-state index in [2.05, 4.69) is 20.0 Å². The van der Waals surface area contributed by atoms with Crippen LogP contribution in [0.1, 0.15) is 10.0 Å². The molecule has 0 saturated carbocycles. The number of benzene rings is 2. The van der Waals surface area contributed by atoms with Crippen LogP contribution in [0, 0.1) is 0 Å². The van der Waals surface area contributed by atoms with Crippen LogP contribution >= 0.6 is 46.2 Å². The molecule has 1 unspecified atom stereocenters. The number of thioether (sulfide) groups is 2. The van der Waals surface area contributed by atoms with Crippen LogP contribution in [0.4, 0.5) is 0 Å². The van der Waals surface area contributed by atoms with Gasteiger partial charge in [-0.15, -0.1) is 46.2 Å². The van der Waals surface area contributed by atoms with E-state index in [0.717, 1.165) is 30.5 Å². The fourth-order valence-electron chi connectivity index (χ4n) is 3.10. The van der Waals surface area contributed by atoms with Gasteiger partial charge in [-0.3, -0.25) is 9.98 Å². The number of phenolic OH excluding ortho intramolecular Hbond substituents is 2. The van der Waals surface area contributed by atoms with Crippen LogP contribution in [0.15, 0.2) is 46.4 Å². The zero-order valence-corrected chi connectivity index (χ0v) is 23.8. The topological polar surface area (TPSA) is 185 Å². The summed E-state index contributed by atoms with van der Waals surface area (Å²) in [5.74, 6) is 0.450. The molecular formula is C22H15MgN4O7S4+. The molecule has 0 fully saturated rings. The summed E-state index contributed by atoms with van der Waals surface area (Å²) in [5, 5.41) is 41.6. The van der Waals surface area contributed by atoms with E-state index in [0.29, 0.717) is 21.6 Å². The number of hydrogen-bond donors (Lipinski definition) is 3. The average Bonchev–Trinajstić information content (AvgIpc) is 3.64. The van der Waals surface area contributed by atoms with E-state index < -0.39 is 18.2 Å². The quantitative estimate of drug-likeness (QED) is 0.293. The van der Waals surface area contributed by atoms with Crippen LogP contribution in [0.25, 0.3) is 20.4 Å². The summed E-state index contributed by atoms with van der Waals surface area (Å²) in [6.45, 7) is 0. The molecule has 16 heteroatoms. The van der Waals surface area contributed by atoms with Crippen molar-refractivity contribution in [2.24, 2.45) is 9.98 Å². The molecule has 0 radical (unpaired) electrons. The molecule has 4 heterocycles. The molecule has 2 aromatic heterocycles. The van der Waals surface area contributed by atoms with Crippen molar-refractivity contribution in [3.63, 3.8) is 0 Å². The second kappa shape index (κ2) is 13.5. The molecule has 11 nitrogen and oxygen atoms in total. The van der Waals surface area contributed by atoms with E-state index in [1.54, 1.807) is 36.4 Å². The van der Waals surface area contributed by atoms with Crippen LogP contribution in [0.3, 0.4) is 0 Å². The monoisotopic (exact) mass is 599 g/mol. The van der Waals surface area contributed by atoms with Gasteiger partial charge in [-0.1, -0.05) is 0 Å². The van der Waals surface area contributed by atoms with Gasteiger partial charge in [-0.05, 0) is 42.6 Å². The van der Waals surface area contributed by atoms with E-state index >= 15 is 0 Å². The minimum absolute atomic E-state index is 0. The van der Waals surface area contributed by atoms with Gasteiger partial charge in [0.15, 0.2) is 6.04 Å². The van der Waals surface area contributed by atoms with Gasteiger partial charge in [0.25, 0.3) is 0 Å². The van der Waals surface area contributed by atoms with Gasteiger partial charge in [0.2, 0.25) is 0 Å². The summed E-state index contributed by atoms with van der Waals surface area (Å²) in [6.07, 6.45) is -0.611. The summed E-state index contributed by atoms with van der Waals surface area (Å²) >= 11 is 5.71. The number of carboxylic acid groups (broad SMARTS) is 1. The van der Waals surface area contributed by atoms with Crippen molar-refractivity contribution in [1.29, 1.82) is 0 Å². The average molecular weight is 600 g/mol. The van der Waals surface area contributed by atoms with Crippen molar-refractivity contribution in [1.82, 2.24) is 9.97 Å². The Labute approximate surface area is 246 Å². The Bertz CT molecular complexity index is 1570. The Morgan fingerprint density at radius 3 is 1.76 bits per heavy atom. The number of fused-ring (bicyclic) bond motifs is 2. The maximum atomic E-state index is 11.1. The maximum absolute atomic E-state index is 11.1. The largest absolute Gasteiger partial charge is 2.00 e. The van der Waals surface area contributed by atoms with Gasteiger partial charge < -0.3 is 20.4 Å². The number of nitrogens with zero attached hydrogens (tertiary/aromatic N) is 4. The summed E-state index contributed by atoms with van der Waals surface area (Å²) in [6, 6.07) is 9.32. The van der Waals surface area contributed by atoms with Gasteiger partial charge in [-0.25, -0.2) is 14.8 Å². The first-order valence-corrected chi connectivity index (χ1v) is 13.9. The van der Waals surface area contributed by atoms with Crippen molar-refractivity contribution in [3.8, 4) is 11.5 Å². The third-order valence-electron chi connectivity index (χ3n) is 4.67. The Morgan fingerprint density at radius 1 is 0.868 bits per heavy atom. The number of thiazole rings is 2. The first-order chi connectivity index (χ1) is 17.8. The molecular weight excluding hydrogens is 585 g/mol. The zero-order valence-electron chi connectivity index (χ0n) is 19.1. The molecule has 6 rings (SSSR count). The minimum atomic E-state index is -0.906. The smallest absolute Gasteiger partial charge is 0.834 e. The molecule has 2 aliphatic heterocycles. The Balaban J connectivity index is 0.000000188. The maximum Gasteiger partial charge on any atom is 2.00 e. The van der Waals surface area contributed by atoms with E-state index in [1.165, 1.54) is 46.2 Å². The van der Waals surface area contributed by atoms with Crippen molar-refractivity contribution < 1.29 is 34.8 Å². The Morgan fingerprint density at radius 2 is 1.34 bits per heavy atom. The van der Waals surface area contributed by atoms with Crippen LogP contribution < -0.4 is 5.11 Å². The SMILES string of the molecule is O=C(O)[C@H]1CSC(c2nc3ccc(O)cc3s2)=N1.O=C=O.[Mg+2].[O-]C1CSC(c2nc3ccc(O)cc3s2)=N1. The molecule has 0 amide bonds. The first-order valence-electron chi connectivity index (χ1n) is 10.3. The predicted molar refractivity (Wildman–Crippen MR) is 147 cm³/mol. The van der Waals surface area contributed by atoms with Crippen molar-refractivity contribution in [2.45, 2.75) is 12.3 Å². The van der Waals surface area contributed by atoms with Gasteiger partial charge in [0.1, 0.15) is 31.6 Å². The van der Waals surface area contributed by atoms with E-state index in [1.807, 2.05) is 0 Å². The van der Waals surface area contributed by atoms with Crippen LogP contribution in [0.2, 0.25) is 0 Å².